The van der Waals surface area contributed by atoms with E-state index in [9.17, 15) is 29.1 Å². The minimum Gasteiger partial charge on any atom is -0.481 e. The molecule has 0 aliphatic carbocycles. The summed E-state index contributed by atoms with van der Waals surface area (Å²) in [5.74, 6) is -4.85. The molecule has 0 radical (unpaired) electrons. The van der Waals surface area contributed by atoms with Gasteiger partial charge in [0.2, 0.25) is 17.7 Å². The number of carbonyl (C=O) groups excluding carboxylic acids is 3. The number of carbonyl (C=O) groups is 5. The van der Waals surface area contributed by atoms with Gasteiger partial charge >= 0.3 is 11.9 Å². The van der Waals surface area contributed by atoms with Crippen molar-refractivity contribution in [3.63, 3.8) is 0 Å². The van der Waals surface area contributed by atoms with E-state index >= 15 is 0 Å². The Labute approximate surface area is 181 Å². The van der Waals surface area contributed by atoms with Crippen LogP contribution in [0.5, 0.6) is 0 Å². The maximum Gasteiger partial charge on any atom is 0.326 e. The molecule has 0 spiro atoms. The molecule has 11 nitrogen and oxygen atoms in total. The van der Waals surface area contributed by atoms with Gasteiger partial charge in [0, 0.05) is 0 Å². The van der Waals surface area contributed by atoms with Crippen LogP contribution in [0.4, 0.5) is 0 Å². The zero-order chi connectivity index (χ0) is 23.7. The summed E-state index contributed by atoms with van der Waals surface area (Å²) < 4.78 is 0. The van der Waals surface area contributed by atoms with Crippen molar-refractivity contribution in [3.8, 4) is 0 Å². The Morgan fingerprint density at radius 1 is 0.935 bits per heavy atom. The zero-order valence-electron chi connectivity index (χ0n) is 18.4. The first kappa shape index (κ1) is 26.3. The molecule has 3 amide bonds. The average molecular weight is 443 g/mol. The van der Waals surface area contributed by atoms with Crippen molar-refractivity contribution in [3.05, 3.63) is 0 Å². The van der Waals surface area contributed by atoms with Crippen molar-refractivity contribution in [2.45, 2.75) is 77.5 Å². The fourth-order valence-electron chi connectivity index (χ4n) is 3.31. The molecule has 1 rings (SSSR count). The Morgan fingerprint density at radius 3 is 2.00 bits per heavy atom. The highest BCUT2D eigenvalue weighted by molar-refractivity contribution is 5.95. The average Bonchev–Trinajstić information content (AvgIpc) is 3.18. The van der Waals surface area contributed by atoms with E-state index in [2.05, 4.69) is 21.3 Å². The molecule has 4 unspecified atom stereocenters. The first-order valence-electron chi connectivity index (χ1n) is 10.5. The van der Waals surface area contributed by atoms with Crippen LogP contribution in [-0.2, 0) is 24.0 Å². The van der Waals surface area contributed by atoms with Gasteiger partial charge in [0.1, 0.15) is 18.1 Å². The molecule has 4 atom stereocenters. The van der Waals surface area contributed by atoms with Gasteiger partial charge in [-0.25, -0.2) is 4.79 Å². The summed E-state index contributed by atoms with van der Waals surface area (Å²) in [6.07, 6.45) is 0.937. The minimum absolute atomic E-state index is 0.0198. The lowest BCUT2D eigenvalue weighted by molar-refractivity contribution is -0.144. The molecule has 1 heterocycles. The first-order chi connectivity index (χ1) is 14.4. The van der Waals surface area contributed by atoms with Crippen molar-refractivity contribution in [2.24, 2.45) is 11.8 Å². The molecule has 1 fully saturated rings. The summed E-state index contributed by atoms with van der Waals surface area (Å²) in [5.41, 5.74) is 0. The van der Waals surface area contributed by atoms with Crippen LogP contribution in [0.25, 0.3) is 0 Å². The molecule has 0 saturated carbocycles. The number of rotatable bonds is 12. The number of carboxylic acid groups (broad SMARTS) is 2. The first-order valence-corrected chi connectivity index (χ1v) is 10.5. The van der Waals surface area contributed by atoms with Crippen molar-refractivity contribution >= 4 is 29.7 Å². The van der Waals surface area contributed by atoms with E-state index < -0.39 is 60.2 Å². The van der Waals surface area contributed by atoms with Gasteiger partial charge in [-0.15, -0.1) is 0 Å². The lowest BCUT2D eigenvalue weighted by Gasteiger charge is -2.26. The molecule has 0 bridgehead atoms. The minimum atomic E-state index is -1.37. The molecule has 0 aromatic rings. The maximum atomic E-state index is 12.8. The van der Waals surface area contributed by atoms with Crippen LogP contribution in [0, 0.1) is 11.8 Å². The smallest absolute Gasteiger partial charge is 0.326 e. The van der Waals surface area contributed by atoms with Gasteiger partial charge in [-0.05, 0) is 37.6 Å². The summed E-state index contributed by atoms with van der Waals surface area (Å²) in [5, 5.41) is 28.8. The fraction of sp³-hybridized carbons (Fsp3) is 0.750. The molecular weight excluding hydrogens is 408 g/mol. The van der Waals surface area contributed by atoms with E-state index in [-0.39, 0.29) is 18.3 Å². The molecule has 176 valence electrons. The van der Waals surface area contributed by atoms with Gasteiger partial charge in [0.05, 0.1) is 12.5 Å². The van der Waals surface area contributed by atoms with E-state index in [1.807, 2.05) is 13.8 Å². The topological polar surface area (TPSA) is 174 Å². The van der Waals surface area contributed by atoms with E-state index in [0.29, 0.717) is 13.0 Å². The van der Waals surface area contributed by atoms with Crippen LogP contribution < -0.4 is 21.3 Å². The van der Waals surface area contributed by atoms with Gasteiger partial charge in [0.25, 0.3) is 0 Å². The predicted octanol–water partition coefficient (Wildman–Crippen LogP) is -0.546. The number of hydrogen-bond donors (Lipinski definition) is 6. The van der Waals surface area contributed by atoms with Crippen molar-refractivity contribution in [1.29, 1.82) is 0 Å². The number of hydrogen-bond acceptors (Lipinski definition) is 6. The molecule has 1 aliphatic rings. The lowest BCUT2D eigenvalue weighted by Crippen LogP contribution is -2.58. The van der Waals surface area contributed by atoms with Gasteiger partial charge in [-0.3, -0.25) is 19.2 Å². The molecule has 0 aromatic heterocycles. The second-order valence-electron chi connectivity index (χ2n) is 8.57. The third-order valence-electron chi connectivity index (χ3n) is 4.96. The Balaban J connectivity index is 2.93. The largest absolute Gasteiger partial charge is 0.481 e. The summed E-state index contributed by atoms with van der Waals surface area (Å²) >= 11 is 0. The second-order valence-corrected chi connectivity index (χ2v) is 8.57. The highest BCUT2D eigenvalue weighted by atomic mass is 16.4. The fourth-order valence-corrected chi connectivity index (χ4v) is 3.31. The van der Waals surface area contributed by atoms with Gasteiger partial charge < -0.3 is 31.5 Å². The van der Waals surface area contributed by atoms with E-state index in [4.69, 9.17) is 5.11 Å². The number of amides is 3. The highest BCUT2D eigenvalue weighted by Crippen LogP contribution is 2.10. The van der Waals surface area contributed by atoms with E-state index in [0.717, 1.165) is 6.42 Å². The Hall–Kier alpha value is -2.69. The zero-order valence-corrected chi connectivity index (χ0v) is 18.4. The van der Waals surface area contributed by atoms with Gasteiger partial charge in [0.15, 0.2) is 0 Å². The van der Waals surface area contributed by atoms with E-state index in [1.54, 1.807) is 13.8 Å². The Morgan fingerprint density at radius 2 is 1.55 bits per heavy atom. The van der Waals surface area contributed by atoms with Crippen LogP contribution in [0.15, 0.2) is 0 Å². The Kier molecular flexibility index (Phi) is 10.4. The quantitative estimate of drug-likeness (QED) is 0.233. The lowest BCUT2D eigenvalue weighted by atomic mass is 10.00. The number of aliphatic carboxylic acids is 2. The predicted molar refractivity (Wildman–Crippen MR) is 111 cm³/mol. The highest BCUT2D eigenvalue weighted by Gasteiger charge is 2.33. The molecular formula is C20H34N4O7. The van der Waals surface area contributed by atoms with Crippen LogP contribution >= 0.6 is 0 Å². The second kappa shape index (κ2) is 12.2. The van der Waals surface area contributed by atoms with Crippen LogP contribution in [-0.4, -0.2) is 70.6 Å². The molecule has 6 N–H and O–H groups in total. The van der Waals surface area contributed by atoms with E-state index in [1.165, 1.54) is 0 Å². The SMILES string of the molecule is CC(C)CC(NC(=O)C(CC(=O)O)NC(=O)C1CCCN1)C(=O)NC(C(=O)O)C(C)C. The van der Waals surface area contributed by atoms with Gasteiger partial charge in [-0.2, -0.15) is 0 Å². The normalized spacial score (nSPS) is 18.8. The third kappa shape index (κ3) is 8.91. The molecule has 11 heteroatoms. The molecule has 1 saturated heterocycles. The monoisotopic (exact) mass is 442 g/mol. The molecule has 0 aromatic carbocycles. The molecule has 1 aliphatic heterocycles. The summed E-state index contributed by atoms with van der Waals surface area (Å²) in [7, 11) is 0. The van der Waals surface area contributed by atoms with Crippen molar-refractivity contribution in [1.82, 2.24) is 21.3 Å². The van der Waals surface area contributed by atoms with Crippen molar-refractivity contribution < 1.29 is 34.2 Å². The van der Waals surface area contributed by atoms with Crippen LogP contribution in [0.1, 0.15) is 53.4 Å². The van der Waals surface area contributed by atoms with Crippen LogP contribution in [0.3, 0.4) is 0 Å². The standard InChI is InChI=1S/C20H34N4O7/c1-10(2)8-13(19(29)24-16(11(3)4)20(30)31)22-18(28)14(9-15(25)26)23-17(27)12-6-5-7-21-12/h10-14,16,21H,5-9H2,1-4H3,(H,22,28)(H,23,27)(H,24,29)(H,25,26)(H,30,31). The van der Waals surface area contributed by atoms with Gasteiger partial charge in [-0.1, -0.05) is 27.7 Å². The summed E-state index contributed by atoms with van der Waals surface area (Å²) in [6, 6.07) is -4.08. The summed E-state index contributed by atoms with van der Waals surface area (Å²) in [6.45, 7) is 7.60. The number of nitrogens with one attached hydrogen (secondary N) is 4. The Bertz CT molecular complexity index is 674. The van der Waals surface area contributed by atoms with Crippen molar-refractivity contribution in [2.75, 3.05) is 6.54 Å². The number of carboxylic acids is 2. The maximum absolute atomic E-state index is 12.8. The van der Waals surface area contributed by atoms with Crippen LogP contribution in [0.2, 0.25) is 0 Å². The third-order valence-corrected chi connectivity index (χ3v) is 4.96. The molecule has 31 heavy (non-hydrogen) atoms. The summed E-state index contributed by atoms with van der Waals surface area (Å²) in [4.78, 5) is 60.4.